The van der Waals surface area contributed by atoms with Gasteiger partial charge in [-0.25, -0.2) is 4.79 Å². The van der Waals surface area contributed by atoms with Crippen molar-refractivity contribution in [3.63, 3.8) is 0 Å². The fourth-order valence-electron chi connectivity index (χ4n) is 2.59. The second-order valence-corrected chi connectivity index (χ2v) is 4.57. The van der Waals surface area contributed by atoms with Crippen LogP contribution in [0.15, 0.2) is 0 Å². The number of nitrogens with zero attached hydrogens (tertiary/aromatic N) is 1. The molecule has 2 atom stereocenters. The number of carbonyl (C=O) groups excluding carboxylic acids is 2. The quantitative estimate of drug-likeness (QED) is 0.706. The third-order valence-corrected chi connectivity index (χ3v) is 3.18. The molecule has 1 saturated heterocycles. The molecule has 5 nitrogen and oxygen atoms in total. The van der Waals surface area contributed by atoms with E-state index in [1.165, 1.54) is 0 Å². The van der Waals surface area contributed by atoms with E-state index in [0.717, 1.165) is 12.8 Å². The topological polar surface area (TPSA) is 55.8 Å². The van der Waals surface area contributed by atoms with Crippen molar-refractivity contribution in [1.82, 2.24) is 4.90 Å². The van der Waals surface area contributed by atoms with Gasteiger partial charge in [-0.15, -0.1) is 0 Å². The van der Waals surface area contributed by atoms with Gasteiger partial charge < -0.3 is 14.4 Å². The summed E-state index contributed by atoms with van der Waals surface area (Å²) in [5, 5.41) is 0. The number of hydrogen-bond acceptors (Lipinski definition) is 4. The third-order valence-electron chi connectivity index (χ3n) is 3.18. The van der Waals surface area contributed by atoms with Crippen LogP contribution in [-0.2, 0) is 14.3 Å². The summed E-state index contributed by atoms with van der Waals surface area (Å²) in [5.41, 5.74) is 0. The molecule has 0 aromatic rings. The number of carbonyl (C=O) groups is 2. The standard InChI is InChI=1S/C12H21NO4/c1-4-17-12(15)13-9(2)5-11(6-10(13)3)7-16-8-14/h8-11H,4-7H2,1-3H3. The zero-order valence-electron chi connectivity index (χ0n) is 10.7. The van der Waals surface area contributed by atoms with Gasteiger partial charge in [-0.2, -0.15) is 0 Å². The molecule has 0 spiro atoms. The molecule has 0 bridgehead atoms. The molecule has 98 valence electrons. The minimum absolute atomic E-state index is 0.123. The fraction of sp³-hybridized carbons (Fsp3) is 0.833. The number of hydrogen-bond donors (Lipinski definition) is 0. The van der Waals surface area contributed by atoms with E-state index in [0.29, 0.717) is 25.6 Å². The van der Waals surface area contributed by atoms with Crippen LogP contribution in [0.1, 0.15) is 33.6 Å². The van der Waals surface area contributed by atoms with Gasteiger partial charge in [0.2, 0.25) is 0 Å². The van der Waals surface area contributed by atoms with Crippen molar-refractivity contribution in [2.45, 2.75) is 45.7 Å². The maximum atomic E-state index is 11.8. The minimum Gasteiger partial charge on any atom is -0.468 e. The second-order valence-electron chi connectivity index (χ2n) is 4.57. The van der Waals surface area contributed by atoms with Crippen LogP contribution in [-0.4, -0.2) is 42.8 Å². The Balaban J connectivity index is 2.55. The molecule has 0 aliphatic carbocycles. The first-order chi connectivity index (χ1) is 8.10. The summed E-state index contributed by atoms with van der Waals surface area (Å²) in [7, 11) is 0. The van der Waals surface area contributed by atoms with E-state index in [4.69, 9.17) is 9.47 Å². The van der Waals surface area contributed by atoms with Crippen molar-refractivity contribution in [3.8, 4) is 0 Å². The lowest BCUT2D eigenvalue weighted by Crippen LogP contribution is -2.50. The summed E-state index contributed by atoms with van der Waals surface area (Å²) in [6.45, 7) is 7.12. The average molecular weight is 243 g/mol. The summed E-state index contributed by atoms with van der Waals surface area (Å²) in [4.78, 5) is 23.7. The Labute approximate surface area is 102 Å². The first kappa shape index (κ1) is 13.8. The van der Waals surface area contributed by atoms with Gasteiger partial charge >= 0.3 is 6.09 Å². The number of likely N-dealkylation sites (tertiary alicyclic amines) is 1. The molecule has 1 rings (SSSR count). The summed E-state index contributed by atoms with van der Waals surface area (Å²) < 4.78 is 9.84. The Hall–Kier alpha value is -1.26. The zero-order valence-corrected chi connectivity index (χ0v) is 10.7. The summed E-state index contributed by atoms with van der Waals surface area (Å²) in [6, 6.07) is 0.246. The van der Waals surface area contributed by atoms with Crippen molar-refractivity contribution in [2.75, 3.05) is 13.2 Å². The normalized spacial score (nSPS) is 28.6. The maximum Gasteiger partial charge on any atom is 0.410 e. The van der Waals surface area contributed by atoms with Gasteiger partial charge in [-0.3, -0.25) is 4.79 Å². The SMILES string of the molecule is CCOC(=O)N1C(C)CC(COC=O)CC1C. The van der Waals surface area contributed by atoms with Gasteiger partial charge in [0.05, 0.1) is 13.2 Å². The highest BCUT2D eigenvalue weighted by Crippen LogP contribution is 2.28. The Morgan fingerprint density at radius 3 is 2.41 bits per heavy atom. The van der Waals surface area contributed by atoms with Crippen LogP contribution in [0.25, 0.3) is 0 Å². The molecule has 5 heteroatoms. The first-order valence-electron chi connectivity index (χ1n) is 6.10. The average Bonchev–Trinajstić information content (AvgIpc) is 2.25. The minimum atomic E-state index is -0.248. The number of piperidine rings is 1. The van der Waals surface area contributed by atoms with Crippen molar-refractivity contribution in [1.29, 1.82) is 0 Å². The Morgan fingerprint density at radius 2 is 1.94 bits per heavy atom. The van der Waals surface area contributed by atoms with E-state index < -0.39 is 0 Å². The Kier molecular flexibility index (Phi) is 5.25. The van der Waals surface area contributed by atoms with Crippen molar-refractivity contribution < 1.29 is 19.1 Å². The smallest absolute Gasteiger partial charge is 0.410 e. The second kappa shape index (κ2) is 6.47. The van der Waals surface area contributed by atoms with Crippen molar-refractivity contribution in [2.24, 2.45) is 5.92 Å². The predicted molar refractivity (Wildman–Crippen MR) is 62.5 cm³/mol. The van der Waals surface area contributed by atoms with E-state index in [2.05, 4.69) is 0 Å². The van der Waals surface area contributed by atoms with Gasteiger partial charge in [0.25, 0.3) is 6.47 Å². The molecule has 1 amide bonds. The largest absolute Gasteiger partial charge is 0.468 e. The fourth-order valence-corrected chi connectivity index (χ4v) is 2.59. The molecular formula is C12H21NO4. The van der Waals surface area contributed by atoms with Crippen LogP contribution in [0.3, 0.4) is 0 Å². The van der Waals surface area contributed by atoms with Gasteiger partial charge in [0, 0.05) is 12.1 Å². The summed E-state index contributed by atoms with van der Waals surface area (Å²) in [5.74, 6) is 0.330. The third kappa shape index (κ3) is 3.61. The molecule has 1 fully saturated rings. The van der Waals surface area contributed by atoms with E-state index in [1.54, 1.807) is 11.8 Å². The molecule has 0 radical (unpaired) electrons. The molecule has 0 aromatic carbocycles. The Bertz CT molecular complexity index is 257. The molecule has 0 saturated carbocycles. The molecule has 17 heavy (non-hydrogen) atoms. The number of amides is 1. The van der Waals surface area contributed by atoms with E-state index in [9.17, 15) is 9.59 Å². The molecule has 2 unspecified atom stereocenters. The number of rotatable bonds is 4. The highest BCUT2D eigenvalue weighted by molar-refractivity contribution is 5.68. The first-order valence-corrected chi connectivity index (χ1v) is 6.10. The van der Waals surface area contributed by atoms with Crippen molar-refractivity contribution >= 4 is 12.6 Å². The lowest BCUT2D eigenvalue weighted by molar-refractivity contribution is -0.130. The van der Waals surface area contributed by atoms with E-state index in [1.807, 2.05) is 13.8 Å². The van der Waals surface area contributed by atoms with Crippen LogP contribution in [0.5, 0.6) is 0 Å². The summed E-state index contributed by atoms with van der Waals surface area (Å²) >= 11 is 0. The van der Waals surface area contributed by atoms with Crippen molar-refractivity contribution in [3.05, 3.63) is 0 Å². The molecule has 1 heterocycles. The van der Waals surface area contributed by atoms with Gasteiger partial charge in [0.15, 0.2) is 0 Å². The van der Waals surface area contributed by atoms with Crippen LogP contribution in [0.2, 0.25) is 0 Å². The molecule has 0 N–H and O–H groups in total. The molecule has 1 aliphatic heterocycles. The van der Waals surface area contributed by atoms with Crippen LogP contribution in [0, 0.1) is 5.92 Å². The zero-order chi connectivity index (χ0) is 12.8. The Morgan fingerprint density at radius 1 is 1.35 bits per heavy atom. The van der Waals surface area contributed by atoms with E-state index in [-0.39, 0.29) is 18.2 Å². The predicted octanol–water partition coefficient (Wildman–Crippen LogP) is 1.80. The molecular weight excluding hydrogens is 222 g/mol. The van der Waals surface area contributed by atoms with E-state index >= 15 is 0 Å². The highest BCUT2D eigenvalue weighted by Gasteiger charge is 2.34. The lowest BCUT2D eigenvalue weighted by Gasteiger charge is -2.41. The molecule has 0 aromatic heterocycles. The van der Waals surface area contributed by atoms with Gasteiger partial charge in [0.1, 0.15) is 0 Å². The van der Waals surface area contributed by atoms with Crippen LogP contribution >= 0.6 is 0 Å². The maximum absolute atomic E-state index is 11.8. The lowest BCUT2D eigenvalue weighted by atomic mass is 9.88. The van der Waals surface area contributed by atoms with Gasteiger partial charge in [-0.05, 0) is 39.5 Å². The summed E-state index contributed by atoms with van der Waals surface area (Å²) in [6.07, 6.45) is 1.44. The van der Waals surface area contributed by atoms with Gasteiger partial charge in [-0.1, -0.05) is 0 Å². The van der Waals surface area contributed by atoms with Crippen LogP contribution in [0.4, 0.5) is 4.79 Å². The monoisotopic (exact) mass is 243 g/mol. The number of ether oxygens (including phenoxy) is 2. The van der Waals surface area contributed by atoms with Crippen LogP contribution < -0.4 is 0 Å². The molecule has 1 aliphatic rings. The highest BCUT2D eigenvalue weighted by atomic mass is 16.6.